The molecule has 19 heavy (non-hydrogen) atoms. The average Bonchev–Trinajstić information content (AvgIpc) is 2.76. The van der Waals surface area contributed by atoms with E-state index in [0.29, 0.717) is 5.92 Å². The fourth-order valence-electron chi connectivity index (χ4n) is 2.83. The van der Waals surface area contributed by atoms with E-state index in [1.807, 2.05) is 13.1 Å². The van der Waals surface area contributed by atoms with Crippen molar-refractivity contribution in [1.29, 1.82) is 0 Å². The Morgan fingerprint density at radius 2 is 2.00 bits per heavy atom. The van der Waals surface area contributed by atoms with Crippen LogP contribution in [0, 0.1) is 5.92 Å². The summed E-state index contributed by atoms with van der Waals surface area (Å²) in [5.74, 6) is 2.24. The second kappa shape index (κ2) is 5.80. The summed E-state index contributed by atoms with van der Waals surface area (Å²) in [5.41, 5.74) is 1.20. The van der Waals surface area contributed by atoms with E-state index in [4.69, 9.17) is 14.2 Å². The zero-order valence-electron chi connectivity index (χ0n) is 11.4. The Morgan fingerprint density at radius 1 is 1.16 bits per heavy atom. The van der Waals surface area contributed by atoms with Gasteiger partial charge in [-0.25, -0.2) is 0 Å². The van der Waals surface area contributed by atoms with Gasteiger partial charge in [0, 0.05) is 25.5 Å². The van der Waals surface area contributed by atoms with Gasteiger partial charge in [-0.3, -0.25) is 0 Å². The van der Waals surface area contributed by atoms with E-state index in [-0.39, 0.29) is 6.10 Å². The van der Waals surface area contributed by atoms with Crippen LogP contribution in [-0.2, 0) is 4.74 Å². The van der Waals surface area contributed by atoms with Gasteiger partial charge in [-0.2, -0.15) is 0 Å². The third-order valence-corrected chi connectivity index (χ3v) is 3.78. The van der Waals surface area contributed by atoms with Gasteiger partial charge in [0.25, 0.3) is 0 Å². The van der Waals surface area contributed by atoms with Crippen molar-refractivity contribution in [3.8, 4) is 11.5 Å². The Morgan fingerprint density at radius 3 is 2.84 bits per heavy atom. The molecule has 104 valence electrons. The van der Waals surface area contributed by atoms with Crippen LogP contribution in [0.1, 0.15) is 24.5 Å². The highest BCUT2D eigenvalue weighted by Crippen LogP contribution is 2.38. The molecule has 2 unspecified atom stereocenters. The van der Waals surface area contributed by atoms with Crippen LogP contribution in [0.4, 0.5) is 0 Å². The lowest BCUT2D eigenvalue weighted by molar-refractivity contribution is 0.0907. The molecule has 0 saturated carbocycles. The Kier molecular flexibility index (Phi) is 3.89. The molecule has 3 rings (SSSR count). The first-order valence-corrected chi connectivity index (χ1v) is 7.04. The molecule has 1 saturated heterocycles. The average molecular weight is 263 g/mol. The second-order valence-electron chi connectivity index (χ2n) is 5.15. The molecule has 1 fully saturated rings. The predicted octanol–water partition coefficient (Wildman–Crippen LogP) is 2.14. The molecule has 0 spiro atoms. The summed E-state index contributed by atoms with van der Waals surface area (Å²) >= 11 is 0. The standard InChI is InChI=1S/C15H21NO3/c1-16-10-12-5-8-19-15(12)11-3-4-13-14(9-11)18-7-2-6-17-13/h3-4,9,12,15-16H,2,5-8,10H2,1H3. The summed E-state index contributed by atoms with van der Waals surface area (Å²) in [6.07, 6.45) is 2.22. The van der Waals surface area contributed by atoms with E-state index in [0.717, 1.165) is 50.7 Å². The molecular weight excluding hydrogens is 242 g/mol. The summed E-state index contributed by atoms with van der Waals surface area (Å²) < 4.78 is 17.3. The van der Waals surface area contributed by atoms with Crippen molar-refractivity contribution in [3.63, 3.8) is 0 Å². The molecule has 4 heteroatoms. The van der Waals surface area contributed by atoms with Gasteiger partial charge >= 0.3 is 0 Å². The van der Waals surface area contributed by atoms with Gasteiger partial charge in [0.2, 0.25) is 0 Å². The molecule has 0 aromatic heterocycles. The Bertz CT molecular complexity index is 435. The minimum Gasteiger partial charge on any atom is -0.490 e. The molecule has 2 aliphatic heterocycles. The summed E-state index contributed by atoms with van der Waals surface area (Å²) in [7, 11) is 1.99. The number of ether oxygens (including phenoxy) is 3. The number of rotatable bonds is 3. The van der Waals surface area contributed by atoms with Crippen molar-refractivity contribution >= 4 is 0 Å². The van der Waals surface area contributed by atoms with Crippen molar-refractivity contribution in [3.05, 3.63) is 23.8 Å². The molecule has 1 N–H and O–H groups in total. The first-order chi connectivity index (χ1) is 9.38. The molecule has 1 aromatic rings. The van der Waals surface area contributed by atoms with Crippen LogP contribution in [0.15, 0.2) is 18.2 Å². The fraction of sp³-hybridized carbons (Fsp3) is 0.600. The number of fused-ring (bicyclic) bond motifs is 1. The van der Waals surface area contributed by atoms with E-state index in [9.17, 15) is 0 Å². The smallest absolute Gasteiger partial charge is 0.161 e. The second-order valence-corrected chi connectivity index (χ2v) is 5.15. The van der Waals surface area contributed by atoms with Gasteiger partial charge in [-0.15, -0.1) is 0 Å². The Balaban J connectivity index is 1.82. The van der Waals surface area contributed by atoms with Crippen LogP contribution in [0.2, 0.25) is 0 Å². The lowest BCUT2D eigenvalue weighted by atomic mass is 9.95. The zero-order valence-corrected chi connectivity index (χ0v) is 11.4. The molecule has 1 aromatic carbocycles. The molecule has 0 bridgehead atoms. The molecule has 2 atom stereocenters. The lowest BCUT2D eigenvalue weighted by Gasteiger charge is -2.19. The summed E-state index contributed by atoms with van der Waals surface area (Å²) in [6.45, 7) is 3.28. The van der Waals surface area contributed by atoms with Gasteiger partial charge in [-0.1, -0.05) is 6.07 Å². The van der Waals surface area contributed by atoms with Crippen molar-refractivity contribution in [2.75, 3.05) is 33.4 Å². The number of benzene rings is 1. The first-order valence-electron chi connectivity index (χ1n) is 7.04. The third-order valence-electron chi connectivity index (χ3n) is 3.78. The van der Waals surface area contributed by atoms with E-state index in [2.05, 4.69) is 17.4 Å². The third kappa shape index (κ3) is 2.69. The van der Waals surface area contributed by atoms with Gasteiger partial charge < -0.3 is 19.5 Å². The quantitative estimate of drug-likeness (QED) is 0.907. The maximum Gasteiger partial charge on any atom is 0.161 e. The van der Waals surface area contributed by atoms with Gasteiger partial charge in [0.1, 0.15) is 0 Å². The highest BCUT2D eigenvalue weighted by Gasteiger charge is 2.29. The maximum absolute atomic E-state index is 5.89. The van der Waals surface area contributed by atoms with Crippen LogP contribution < -0.4 is 14.8 Å². The molecule has 2 aliphatic rings. The Labute approximate surface area is 114 Å². The normalized spacial score (nSPS) is 26.2. The summed E-state index contributed by atoms with van der Waals surface area (Å²) in [4.78, 5) is 0. The van der Waals surface area contributed by atoms with Gasteiger partial charge in [0.05, 0.1) is 19.3 Å². The van der Waals surface area contributed by atoms with E-state index < -0.39 is 0 Å². The molecule has 0 radical (unpaired) electrons. The summed E-state index contributed by atoms with van der Waals surface area (Å²) in [5, 5.41) is 3.25. The first kappa shape index (κ1) is 12.8. The largest absolute Gasteiger partial charge is 0.490 e. The number of hydrogen-bond donors (Lipinski definition) is 1. The Hall–Kier alpha value is -1.26. The van der Waals surface area contributed by atoms with Crippen molar-refractivity contribution in [1.82, 2.24) is 5.32 Å². The lowest BCUT2D eigenvalue weighted by Crippen LogP contribution is -2.21. The molecule has 0 amide bonds. The zero-order chi connectivity index (χ0) is 13.1. The highest BCUT2D eigenvalue weighted by atomic mass is 16.5. The van der Waals surface area contributed by atoms with Gasteiger partial charge in [0.15, 0.2) is 11.5 Å². The van der Waals surface area contributed by atoms with Crippen LogP contribution >= 0.6 is 0 Å². The van der Waals surface area contributed by atoms with Gasteiger partial charge in [-0.05, 0) is 31.2 Å². The summed E-state index contributed by atoms with van der Waals surface area (Å²) in [6, 6.07) is 6.19. The van der Waals surface area contributed by atoms with Crippen LogP contribution in [0.25, 0.3) is 0 Å². The minimum absolute atomic E-state index is 0.171. The predicted molar refractivity (Wildman–Crippen MR) is 72.8 cm³/mol. The molecular formula is C15H21NO3. The number of hydrogen-bond acceptors (Lipinski definition) is 4. The monoisotopic (exact) mass is 263 g/mol. The molecule has 4 nitrogen and oxygen atoms in total. The fourth-order valence-corrected chi connectivity index (χ4v) is 2.83. The maximum atomic E-state index is 5.89. The minimum atomic E-state index is 0.171. The van der Waals surface area contributed by atoms with Crippen molar-refractivity contribution < 1.29 is 14.2 Å². The topological polar surface area (TPSA) is 39.7 Å². The SMILES string of the molecule is CNCC1CCOC1c1ccc2c(c1)OCCCO2. The molecule has 0 aliphatic carbocycles. The van der Waals surface area contributed by atoms with E-state index in [1.165, 1.54) is 5.56 Å². The van der Waals surface area contributed by atoms with Crippen molar-refractivity contribution in [2.24, 2.45) is 5.92 Å². The van der Waals surface area contributed by atoms with Crippen LogP contribution in [0.3, 0.4) is 0 Å². The van der Waals surface area contributed by atoms with Crippen LogP contribution in [-0.4, -0.2) is 33.4 Å². The van der Waals surface area contributed by atoms with Crippen molar-refractivity contribution in [2.45, 2.75) is 18.9 Å². The molecule has 2 heterocycles. The van der Waals surface area contributed by atoms with Crippen LogP contribution in [0.5, 0.6) is 11.5 Å². The number of nitrogens with one attached hydrogen (secondary N) is 1. The van der Waals surface area contributed by atoms with E-state index >= 15 is 0 Å². The van der Waals surface area contributed by atoms with E-state index in [1.54, 1.807) is 0 Å². The highest BCUT2D eigenvalue weighted by molar-refractivity contribution is 5.44.